The van der Waals surface area contributed by atoms with Crippen molar-refractivity contribution in [3.05, 3.63) is 89.8 Å². The molecule has 8 heteroatoms. The highest BCUT2D eigenvalue weighted by atomic mass is 19.1. The zero-order valence-corrected chi connectivity index (χ0v) is 18.0. The monoisotopic (exact) mass is 441 g/mol. The molecule has 5 aromatic rings. The second-order valence-electron chi connectivity index (χ2n) is 7.58. The van der Waals surface area contributed by atoms with Crippen LogP contribution in [0.3, 0.4) is 0 Å². The summed E-state index contributed by atoms with van der Waals surface area (Å²) in [5.41, 5.74) is 4.20. The van der Waals surface area contributed by atoms with Crippen LogP contribution in [0.4, 0.5) is 10.1 Å². The van der Waals surface area contributed by atoms with Crippen molar-refractivity contribution in [2.75, 3.05) is 5.32 Å². The van der Waals surface area contributed by atoms with Crippen LogP contribution >= 0.6 is 0 Å². The molecule has 1 amide bonds. The Hall–Kier alpha value is -4.33. The van der Waals surface area contributed by atoms with E-state index in [2.05, 4.69) is 20.4 Å². The lowest BCUT2D eigenvalue weighted by Crippen LogP contribution is -2.12. The predicted molar refractivity (Wildman–Crippen MR) is 123 cm³/mol. The predicted octanol–water partition coefficient (Wildman–Crippen LogP) is 5.34. The fourth-order valence-corrected chi connectivity index (χ4v) is 3.67. The van der Waals surface area contributed by atoms with Gasteiger partial charge in [-0.2, -0.15) is 4.98 Å². The summed E-state index contributed by atoms with van der Waals surface area (Å²) < 4.78 is 20.5. The molecule has 3 aromatic carbocycles. The highest BCUT2D eigenvalue weighted by Gasteiger charge is 2.14. The van der Waals surface area contributed by atoms with Gasteiger partial charge in [0.25, 0.3) is 11.8 Å². The zero-order valence-electron chi connectivity index (χ0n) is 18.0. The molecule has 0 saturated carbocycles. The van der Waals surface area contributed by atoms with E-state index >= 15 is 0 Å². The number of halogens is 1. The van der Waals surface area contributed by atoms with E-state index < -0.39 is 0 Å². The van der Waals surface area contributed by atoms with Gasteiger partial charge in [0.05, 0.1) is 11.0 Å². The van der Waals surface area contributed by atoms with E-state index in [1.165, 1.54) is 12.1 Å². The molecule has 164 valence electrons. The smallest absolute Gasteiger partial charge is 0.257 e. The minimum atomic E-state index is -0.309. The fourth-order valence-electron chi connectivity index (χ4n) is 3.67. The van der Waals surface area contributed by atoms with Gasteiger partial charge in [-0.3, -0.25) is 9.36 Å². The average Bonchev–Trinajstić information content (AvgIpc) is 3.43. The summed E-state index contributed by atoms with van der Waals surface area (Å²) >= 11 is 0. The minimum Gasteiger partial charge on any atom is -0.334 e. The number of imidazole rings is 1. The van der Waals surface area contributed by atoms with Crippen molar-refractivity contribution >= 4 is 22.6 Å². The lowest BCUT2D eigenvalue weighted by atomic mass is 10.1. The molecule has 0 aliphatic rings. The Kier molecular flexibility index (Phi) is 5.18. The van der Waals surface area contributed by atoms with Crippen molar-refractivity contribution in [1.82, 2.24) is 19.7 Å². The molecule has 2 heterocycles. The van der Waals surface area contributed by atoms with E-state index in [1.807, 2.05) is 30.5 Å². The Labute approximate surface area is 188 Å². The van der Waals surface area contributed by atoms with Gasteiger partial charge < -0.3 is 9.84 Å². The van der Waals surface area contributed by atoms with E-state index in [0.29, 0.717) is 29.4 Å². The van der Waals surface area contributed by atoms with Crippen molar-refractivity contribution in [3.8, 4) is 17.1 Å². The Morgan fingerprint density at radius 3 is 2.48 bits per heavy atom. The van der Waals surface area contributed by atoms with Crippen LogP contribution in [0.5, 0.6) is 0 Å². The Balaban J connectivity index is 1.40. The van der Waals surface area contributed by atoms with E-state index in [1.54, 1.807) is 42.5 Å². The van der Waals surface area contributed by atoms with Crippen LogP contribution in [-0.2, 0) is 6.42 Å². The maximum absolute atomic E-state index is 13.4. The molecule has 0 aliphatic heterocycles. The summed E-state index contributed by atoms with van der Waals surface area (Å²) in [5, 5.41) is 6.81. The number of nitrogens with zero attached hydrogens (tertiary/aromatic N) is 4. The maximum atomic E-state index is 13.4. The van der Waals surface area contributed by atoms with Crippen molar-refractivity contribution in [3.63, 3.8) is 0 Å². The number of carbonyl (C=O) groups excluding carboxylic acids is 1. The summed E-state index contributed by atoms with van der Waals surface area (Å²) in [5.74, 6) is 1.28. The van der Waals surface area contributed by atoms with Crippen molar-refractivity contribution in [2.45, 2.75) is 20.3 Å². The molecular formula is C25H20FN5O2. The molecular weight excluding hydrogens is 421 g/mol. The molecule has 5 rings (SSSR count). The van der Waals surface area contributed by atoms with E-state index in [-0.39, 0.29) is 11.7 Å². The van der Waals surface area contributed by atoms with Crippen LogP contribution < -0.4 is 5.32 Å². The van der Waals surface area contributed by atoms with Gasteiger partial charge in [-0.15, -0.1) is 0 Å². The van der Waals surface area contributed by atoms with Crippen LogP contribution in [0.2, 0.25) is 0 Å². The molecule has 0 spiro atoms. The van der Waals surface area contributed by atoms with Gasteiger partial charge in [-0.05, 0) is 73.7 Å². The first-order valence-corrected chi connectivity index (χ1v) is 10.5. The Morgan fingerprint density at radius 2 is 1.79 bits per heavy atom. The van der Waals surface area contributed by atoms with Gasteiger partial charge in [0.2, 0.25) is 0 Å². The normalized spacial score (nSPS) is 11.1. The number of amides is 1. The van der Waals surface area contributed by atoms with Gasteiger partial charge in [0.1, 0.15) is 11.6 Å². The second kappa shape index (κ2) is 8.31. The Morgan fingerprint density at radius 1 is 1.03 bits per heavy atom. The molecule has 0 fully saturated rings. The van der Waals surface area contributed by atoms with Crippen molar-refractivity contribution in [1.29, 1.82) is 0 Å². The first-order valence-electron chi connectivity index (χ1n) is 10.5. The quantitative estimate of drug-likeness (QED) is 0.398. The molecule has 2 aromatic heterocycles. The average molecular weight is 441 g/mol. The summed E-state index contributed by atoms with van der Waals surface area (Å²) in [6, 6.07) is 18.7. The third-order valence-corrected chi connectivity index (χ3v) is 5.34. The van der Waals surface area contributed by atoms with Crippen LogP contribution in [-0.4, -0.2) is 25.6 Å². The van der Waals surface area contributed by atoms with Crippen LogP contribution in [0.1, 0.15) is 28.9 Å². The first-order chi connectivity index (χ1) is 16.0. The van der Waals surface area contributed by atoms with Crippen LogP contribution in [0, 0.1) is 12.7 Å². The standard InChI is InChI=1S/C25H20FN5O2/c1-3-23-29-25(33-30-23)16-4-9-19(10-5-16)28-24(32)17-6-13-21-22(14-17)31(15(2)27-21)20-11-7-18(26)8-12-20/h4-14H,3H2,1-2H3,(H,28,32). The number of hydrogen-bond acceptors (Lipinski definition) is 5. The molecule has 0 bridgehead atoms. The molecule has 0 unspecified atom stereocenters. The SMILES string of the molecule is CCc1noc(-c2ccc(NC(=O)c3ccc4nc(C)n(-c5ccc(F)cc5)c4c3)cc2)n1. The number of carbonyl (C=O) groups is 1. The number of benzene rings is 3. The lowest BCUT2D eigenvalue weighted by molar-refractivity contribution is 0.102. The minimum absolute atomic E-state index is 0.250. The number of rotatable bonds is 5. The summed E-state index contributed by atoms with van der Waals surface area (Å²) in [6.07, 6.45) is 0.696. The molecule has 0 saturated heterocycles. The summed E-state index contributed by atoms with van der Waals surface area (Å²) in [4.78, 5) is 21.8. The first kappa shape index (κ1) is 20.6. The zero-order chi connectivity index (χ0) is 22.9. The number of fused-ring (bicyclic) bond motifs is 1. The van der Waals surface area contributed by atoms with Gasteiger partial charge >= 0.3 is 0 Å². The van der Waals surface area contributed by atoms with Gasteiger partial charge in [-0.1, -0.05) is 12.1 Å². The van der Waals surface area contributed by atoms with E-state index in [9.17, 15) is 9.18 Å². The number of aromatic nitrogens is 4. The largest absolute Gasteiger partial charge is 0.334 e. The number of nitrogens with one attached hydrogen (secondary N) is 1. The summed E-state index contributed by atoms with van der Waals surface area (Å²) in [6.45, 7) is 3.83. The molecule has 7 nitrogen and oxygen atoms in total. The topological polar surface area (TPSA) is 85.8 Å². The van der Waals surface area contributed by atoms with Crippen molar-refractivity contribution < 1.29 is 13.7 Å². The number of aryl methyl sites for hydroxylation is 2. The molecule has 33 heavy (non-hydrogen) atoms. The van der Waals surface area contributed by atoms with E-state index in [4.69, 9.17) is 4.52 Å². The van der Waals surface area contributed by atoms with Crippen LogP contribution in [0.15, 0.2) is 71.3 Å². The number of hydrogen-bond donors (Lipinski definition) is 1. The van der Waals surface area contributed by atoms with Gasteiger partial charge in [-0.25, -0.2) is 9.37 Å². The third-order valence-electron chi connectivity index (χ3n) is 5.34. The maximum Gasteiger partial charge on any atom is 0.257 e. The second-order valence-corrected chi connectivity index (χ2v) is 7.58. The van der Waals surface area contributed by atoms with Gasteiger partial charge in [0, 0.05) is 28.9 Å². The van der Waals surface area contributed by atoms with E-state index in [0.717, 1.165) is 28.1 Å². The Bertz CT molecular complexity index is 1450. The summed E-state index contributed by atoms with van der Waals surface area (Å²) in [7, 11) is 0. The molecule has 0 radical (unpaired) electrons. The highest BCUT2D eigenvalue weighted by molar-refractivity contribution is 6.06. The molecule has 0 aliphatic carbocycles. The molecule has 0 atom stereocenters. The van der Waals surface area contributed by atoms with Crippen LogP contribution in [0.25, 0.3) is 28.2 Å². The van der Waals surface area contributed by atoms with Gasteiger partial charge in [0.15, 0.2) is 5.82 Å². The third kappa shape index (κ3) is 3.98. The molecule has 1 N–H and O–H groups in total. The fraction of sp³-hybridized carbons (Fsp3) is 0.120. The lowest BCUT2D eigenvalue weighted by Gasteiger charge is -2.09. The highest BCUT2D eigenvalue weighted by Crippen LogP contribution is 2.24. The number of anilines is 1. The van der Waals surface area contributed by atoms with Crippen molar-refractivity contribution in [2.24, 2.45) is 0 Å².